The fourth-order valence-electron chi connectivity index (χ4n) is 1.79. The van der Waals surface area contributed by atoms with Crippen molar-refractivity contribution in [2.75, 3.05) is 0 Å². The Hall–Kier alpha value is -2.63. The van der Waals surface area contributed by atoms with Gasteiger partial charge in [0.1, 0.15) is 12.3 Å². The number of aryl methyl sites for hydroxylation is 2. The first kappa shape index (κ1) is 14.8. The van der Waals surface area contributed by atoms with E-state index in [-0.39, 0.29) is 18.7 Å². The van der Waals surface area contributed by atoms with Crippen molar-refractivity contribution in [3.05, 3.63) is 63.3 Å². The van der Waals surface area contributed by atoms with Gasteiger partial charge in [0.25, 0.3) is 5.56 Å². The molecule has 2 aromatic rings. The lowest BCUT2D eigenvalue weighted by molar-refractivity contribution is 0.139. The number of hydrogen-bond acceptors (Lipinski definition) is 4. The Kier molecular flexibility index (Phi) is 4.71. The third kappa shape index (κ3) is 4.17. The number of nitrogens with zero attached hydrogens (tertiary/aromatic N) is 1. The Bertz CT molecular complexity index is 680. The van der Waals surface area contributed by atoms with E-state index in [1.54, 1.807) is 13.8 Å². The summed E-state index contributed by atoms with van der Waals surface area (Å²) in [6, 6.07) is 9.40. The number of hydrogen-bond donors (Lipinski definition) is 2. The van der Waals surface area contributed by atoms with Crippen molar-refractivity contribution < 1.29 is 9.53 Å². The second-order valence-corrected chi connectivity index (χ2v) is 4.63. The van der Waals surface area contributed by atoms with Crippen molar-refractivity contribution in [1.82, 2.24) is 15.3 Å². The van der Waals surface area contributed by atoms with E-state index in [4.69, 9.17) is 4.74 Å². The van der Waals surface area contributed by atoms with Crippen molar-refractivity contribution in [1.29, 1.82) is 0 Å². The van der Waals surface area contributed by atoms with Gasteiger partial charge in [0, 0.05) is 0 Å². The fraction of sp³-hybridized carbons (Fsp3) is 0.267. The Balaban J connectivity index is 1.87. The molecule has 0 aliphatic carbocycles. The Morgan fingerprint density at radius 3 is 2.67 bits per heavy atom. The molecule has 0 radical (unpaired) electrons. The molecule has 1 heterocycles. The predicted molar refractivity (Wildman–Crippen MR) is 77.8 cm³/mol. The number of carbonyl (C=O) groups is 1. The standard InChI is InChI=1S/C15H17N3O3/c1-10-13(18-14(19)11(2)17-10)8-16-15(20)21-9-12-6-4-3-5-7-12/h3-7H,8-9H2,1-2H3,(H,16,20)(H,18,19). The fourth-order valence-corrected chi connectivity index (χ4v) is 1.79. The molecule has 1 amide bonds. The lowest BCUT2D eigenvalue weighted by Gasteiger charge is -2.09. The summed E-state index contributed by atoms with van der Waals surface area (Å²) in [6.45, 7) is 3.78. The van der Waals surface area contributed by atoms with Gasteiger partial charge in [-0.15, -0.1) is 0 Å². The third-order valence-corrected chi connectivity index (χ3v) is 2.99. The minimum Gasteiger partial charge on any atom is -0.445 e. The average Bonchev–Trinajstić information content (AvgIpc) is 2.48. The van der Waals surface area contributed by atoms with Crippen LogP contribution in [0.1, 0.15) is 22.6 Å². The average molecular weight is 287 g/mol. The van der Waals surface area contributed by atoms with Gasteiger partial charge in [-0.1, -0.05) is 30.3 Å². The molecule has 0 saturated carbocycles. The predicted octanol–water partition coefficient (Wildman–Crippen LogP) is 1.81. The minimum absolute atomic E-state index is 0.169. The summed E-state index contributed by atoms with van der Waals surface area (Å²) in [5.41, 5.74) is 2.31. The maximum atomic E-state index is 11.6. The van der Waals surface area contributed by atoms with Gasteiger partial charge >= 0.3 is 6.09 Å². The first-order valence-electron chi connectivity index (χ1n) is 6.57. The lowest BCUT2D eigenvalue weighted by Crippen LogP contribution is -2.27. The molecular weight excluding hydrogens is 270 g/mol. The van der Waals surface area contributed by atoms with Crippen LogP contribution in [-0.2, 0) is 17.9 Å². The molecular formula is C15H17N3O3. The zero-order chi connectivity index (χ0) is 15.2. The van der Waals surface area contributed by atoms with Crippen molar-refractivity contribution in [3.63, 3.8) is 0 Å². The van der Waals surface area contributed by atoms with Gasteiger partial charge in [-0.2, -0.15) is 0 Å². The van der Waals surface area contributed by atoms with Crippen molar-refractivity contribution in [2.24, 2.45) is 0 Å². The highest BCUT2D eigenvalue weighted by atomic mass is 16.5. The monoisotopic (exact) mass is 287 g/mol. The third-order valence-electron chi connectivity index (χ3n) is 2.99. The molecule has 21 heavy (non-hydrogen) atoms. The normalized spacial score (nSPS) is 10.2. The summed E-state index contributed by atoms with van der Waals surface area (Å²) in [5, 5.41) is 2.59. The van der Waals surface area contributed by atoms with Gasteiger partial charge < -0.3 is 15.0 Å². The summed E-state index contributed by atoms with van der Waals surface area (Å²) in [6.07, 6.45) is -0.542. The second kappa shape index (κ2) is 6.69. The number of H-pyrrole nitrogens is 1. The van der Waals surface area contributed by atoms with Crippen molar-refractivity contribution >= 4 is 6.09 Å². The number of aromatic nitrogens is 2. The van der Waals surface area contributed by atoms with Crippen LogP contribution in [0.15, 0.2) is 35.1 Å². The molecule has 1 aromatic carbocycles. The van der Waals surface area contributed by atoms with Crippen LogP contribution >= 0.6 is 0 Å². The summed E-state index contributed by atoms with van der Waals surface area (Å²) < 4.78 is 5.08. The molecule has 0 atom stereocenters. The minimum atomic E-state index is -0.542. The van der Waals surface area contributed by atoms with Gasteiger partial charge in [-0.3, -0.25) is 9.78 Å². The largest absolute Gasteiger partial charge is 0.445 e. The van der Waals surface area contributed by atoms with Crippen LogP contribution in [0.25, 0.3) is 0 Å². The highest BCUT2D eigenvalue weighted by molar-refractivity contribution is 5.67. The number of amides is 1. The van der Waals surface area contributed by atoms with Crippen molar-refractivity contribution in [3.8, 4) is 0 Å². The zero-order valence-electron chi connectivity index (χ0n) is 12.0. The summed E-state index contributed by atoms with van der Waals surface area (Å²) >= 11 is 0. The van der Waals surface area contributed by atoms with E-state index in [1.807, 2.05) is 30.3 Å². The lowest BCUT2D eigenvalue weighted by atomic mass is 10.2. The van der Waals surface area contributed by atoms with E-state index in [9.17, 15) is 9.59 Å². The first-order valence-corrected chi connectivity index (χ1v) is 6.57. The molecule has 0 saturated heterocycles. The van der Waals surface area contributed by atoms with Gasteiger partial charge in [0.2, 0.25) is 0 Å². The van der Waals surface area contributed by atoms with Crippen LogP contribution in [0.2, 0.25) is 0 Å². The zero-order valence-corrected chi connectivity index (χ0v) is 12.0. The van der Waals surface area contributed by atoms with Crippen LogP contribution in [0.5, 0.6) is 0 Å². The van der Waals surface area contributed by atoms with Crippen LogP contribution in [0.4, 0.5) is 4.79 Å². The van der Waals surface area contributed by atoms with Gasteiger partial charge in [-0.25, -0.2) is 4.79 Å². The number of nitrogens with one attached hydrogen (secondary N) is 2. The first-order chi connectivity index (χ1) is 10.1. The number of rotatable bonds is 4. The molecule has 2 rings (SSSR count). The molecule has 0 unspecified atom stereocenters. The summed E-state index contributed by atoms with van der Waals surface area (Å²) in [7, 11) is 0. The number of benzene rings is 1. The highest BCUT2D eigenvalue weighted by Gasteiger charge is 2.07. The smallest absolute Gasteiger partial charge is 0.407 e. The van der Waals surface area contributed by atoms with E-state index in [0.717, 1.165) is 5.56 Å². The van der Waals surface area contributed by atoms with Crippen LogP contribution in [0, 0.1) is 13.8 Å². The molecule has 0 aliphatic heterocycles. The van der Waals surface area contributed by atoms with E-state index >= 15 is 0 Å². The van der Waals surface area contributed by atoms with Gasteiger partial charge in [0.05, 0.1) is 17.9 Å². The SMILES string of the molecule is Cc1nc(C)c(=O)[nH]c1CNC(=O)OCc1ccccc1. The highest BCUT2D eigenvalue weighted by Crippen LogP contribution is 2.02. The van der Waals surface area contributed by atoms with E-state index in [1.165, 1.54) is 0 Å². The molecule has 0 bridgehead atoms. The Morgan fingerprint density at radius 1 is 1.24 bits per heavy atom. The molecule has 1 aromatic heterocycles. The topological polar surface area (TPSA) is 84.1 Å². The quantitative estimate of drug-likeness (QED) is 0.898. The van der Waals surface area contributed by atoms with E-state index < -0.39 is 6.09 Å². The maximum absolute atomic E-state index is 11.6. The number of carbonyl (C=O) groups excluding carboxylic acids is 1. The number of aromatic amines is 1. The van der Waals surface area contributed by atoms with Crippen LogP contribution < -0.4 is 10.9 Å². The molecule has 0 fully saturated rings. The van der Waals surface area contributed by atoms with Crippen molar-refractivity contribution in [2.45, 2.75) is 27.0 Å². The second-order valence-electron chi connectivity index (χ2n) is 4.63. The number of alkyl carbamates (subject to hydrolysis) is 1. The molecule has 0 spiro atoms. The van der Waals surface area contributed by atoms with Gasteiger partial charge in [-0.05, 0) is 19.4 Å². The van der Waals surface area contributed by atoms with E-state index in [0.29, 0.717) is 17.1 Å². The number of ether oxygens (including phenoxy) is 1. The molecule has 2 N–H and O–H groups in total. The molecule has 6 nitrogen and oxygen atoms in total. The summed E-state index contributed by atoms with van der Waals surface area (Å²) in [4.78, 5) is 29.9. The molecule has 110 valence electrons. The van der Waals surface area contributed by atoms with Gasteiger partial charge in [0.15, 0.2) is 0 Å². The van der Waals surface area contributed by atoms with Crippen LogP contribution in [0.3, 0.4) is 0 Å². The van der Waals surface area contributed by atoms with Crippen LogP contribution in [-0.4, -0.2) is 16.1 Å². The Morgan fingerprint density at radius 2 is 1.95 bits per heavy atom. The Labute approximate surface area is 122 Å². The molecule has 0 aliphatic rings. The molecule has 6 heteroatoms. The maximum Gasteiger partial charge on any atom is 0.407 e. The summed E-state index contributed by atoms with van der Waals surface area (Å²) in [5.74, 6) is 0. The van der Waals surface area contributed by atoms with E-state index in [2.05, 4.69) is 15.3 Å².